The molecule has 1 aromatic carbocycles. The number of benzene rings is 1. The van der Waals surface area contributed by atoms with E-state index in [1.807, 2.05) is 23.9 Å². The second-order valence-corrected chi connectivity index (χ2v) is 5.91. The number of amides is 1. The average molecular weight is 266 g/mol. The van der Waals surface area contributed by atoms with Crippen molar-refractivity contribution in [3.8, 4) is 0 Å². The van der Waals surface area contributed by atoms with Crippen LogP contribution in [0.4, 0.5) is 11.4 Å². The smallest absolute Gasteiger partial charge is 0.224 e. The van der Waals surface area contributed by atoms with Crippen LogP contribution in [0.15, 0.2) is 24.3 Å². The van der Waals surface area contributed by atoms with Crippen molar-refractivity contribution in [1.82, 2.24) is 0 Å². The van der Waals surface area contributed by atoms with Crippen LogP contribution >= 0.6 is 11.8 Å². The molecule has 0 heterocycles. The van der Waals surface area contributed by atoms with Crippen molar-refractivity contribution in [3.63, 3.8) is 0 Å². The van der Waals surface area contributed by atoms with Gasteiger partial charge in [-0.15, -0.1) is 0 Å². The van der Waals surface area contributed by atoms with Gasteiger partial charge >= 0.3 is 0 Å². The van der Waals surface area contributed by atoms with Crippen molar-refractivity contribution in [2.24, 2.45) is 0 Å². The van der Waals surface area contributed by atoms with Crippen molar-refractivity contribution in [3.05, 3.63) is 24.3 Å². The Labute approximate surface area is 114 Å². The Hall–Kier alpha value is -1.16. The molecule has 0 fully saturated rings. The van der Waals surface area contributed by atoms with Gasteiger partial charge in [-0.3, -0.25) is 4.79 Å². The highest BCUT2D eigenvalue weighted by Crippen LogP contribution is 2.16. The van der Waals surface area contributed by atoms with Gasteiger partial charge in [0.15, 0.2) is 0 Å². The van der Waals surface area contributed by atoms with Gasteiger partial charge in [0.2, 0.25) is 5.91 Å². The summed E-state index contributed by atoms with van der Waals surface area (Å²) in [5, 5.41) is 3.55. The molecule has 18 heavy (non-hydrogen) atoms. The van der Waals surface area contributed by atoms with Crippen LogP contribution in [0, 0.1) is 0 Å². The van der Waals surface area contributed by atoms with Crippen LogP contribution in [0.2, 0.25) is 0 Å². The third-order valence-electron chi connectivity index (χ3n) is 2.72. The largest absolute Gasteiger partial charge is 0.399 e. The molecule has 1 unspecified atom stereocenters. The van der Waals surface area contributed by atoms with E-state index in [-0.39, 0.29) is 5.91 Å². The molecular formula is C14H22N2OS. The molecule has 0 saturated heterocycles. The number of nitrogens with two attached hydrogens (primary N) is 1. The molecule has 3 N–H and O–H groups in total. The molecule has 100 valence electrons. The van der Waals surface area contributed by atoms with E-state index in [1.165, 1.54) is 6.42 Å². The first-order chi connectivity index (χ1) is 8.61. The van der Waals surface area contributed by atoms with Gasteiger partial charge in [-0.1, -0.05) is 13.8 Å². The summed E-state index contributed by atoms with van der Waals surface area (Å²) in [5.41, 5.74) is 7.10. The lowest BCUT2D eigenvalue weighted by Gasteiger charge is -2.08. The van der Waals surface area contributed by atoms with Crippen LogP contribution in [0.25, 0.3) is 0 Å². The highest BCUT2D eigenvalue weighted by Gasteiger charge is 2.03. The summed E-state index contributed by atoms with van der Waals surface area (Å²) in [6.45, 7) is 4.41. The van der Waals surface area contributed by atoms with E-state index >= 15 is 0 Å². The first-order valence-electron chi connectivity index (χ1n) is 6.38. The summed E-state index contributed by atoms with van der Waals surface area (Å²) in [6, 6.07) is 7.21. The number of nitrogen functional groups attached to an aromatic ring is 1. The Kier molecular flexibility index (Phi) is 6.65. The highest BCUT2D eigenvalue weighted by molar-refractivity contribution is 7.99. The van der Waals surface area contributed by atoms with Crippen LogP contribution < -0.4 is 11.1 Å². The maximum absolute atomic E-state index is 11.7. The van der Waals surface area contributed by atoms with Gasteiger partial charge < -0.3 is 11.1 Å². The molecule has 0 spiro atoms. The molecule has 0 radical (unpaired) electrons. The minimum atomic E-state index is 0.0736. The number of rotatable bonds is 7. The number of hydrogen-bond donors (Lipinski definition) is 2. The van der Waals surface area contributed by atoms with Gasteiger partial charge in [-0.05, 0) is 42.9 Å². The van der Waals surface area contributed by atoms with Crippen molar-refractivity contribution < 1.29 is 4.79 Å². The molecular weight excluding hydrogens is 244 g/mol. The first-order valence-corrected chi connectivity index (χ1v) is 7.43. The maximum atomic E-state index is 11.7. The van der Waals surface area contributed by atoms with Crippen LogP contribution in [0.5, 0.6) is 0 Å². The molecule has 3 nitrogen and oxygen atoms in total. The Morgan fingerprint density at radius 1 is 1.39 bits per heavy atom. The lowest BCUT2D eigenvalue weighted by Crippen LogP contribution is -2.11. The average Bonchev–Trinajstić information content (AvgIpc) is 2.37. The topological polar surface area (TPSA) is 55.1 Å². The summed E-state index contributed by atoms with van der Waals surface area (Å²) < 4.78 is 0. The number of hydrogen-bond acceptors (Lipinski definition) is 3. The summed E-state index contributed by atoms with van der Waals surface area (Å²) >= 11 is 1.93. The lowest BCUT2D eigenvalue weighted by atomic mass is 10.2. The molecule has 4 heteroatoms. The molecule has 1 aromatic rings. The molecule has 0 aromatic heterocycles. The van der Waals surface area contributed by atoms with Crippen LogP contribution in [0.1, 0.15) is 33.1 Å². The summed E-state index contributed by atoms with van der Waals surface area (Å²) in [5.74, 6) is 1.12. The summed E-state index contributed by atoms with van der Waals surface area (Å²) in [7, 11) is 0. The monoisotopic (exact) mass is 266 g/mol. The Bertz CT molecular complexity index is 365. The van der Waals surface area contributed by atoms with E-state index in [0.717, 1.165) is 17.9 Å². The Balaban J connectivity index is 2.19. The van der Waals surface area contributed by atoms with Crippen molar-refractivity contribution in [1.29, 1.82) is 0 Å². The van der Waals surface area contributed by atoms with Crippen LogP contribution in [0.3, 0.4) is 0 Å². The predicted molar refractivity (Wildman–Crippen MR) is 80.9 cm³/mol. The van der Waals surface area contributed by atoms with Crippen molar-refractivity contribution >= 4 is 29.0 Å². The Morgan fingerprint density at radius 2 is 2.06 bits per heavy atom. The van der Waals surface area contributed by atoms with E-state index in [4.69, 9.17) is 5.73 Å². The molecule has 0 aliphatic heterocycles. The Morgan fingerprint density at radius 3 is 2.67 bits per heavy atom. The van der Waals surface area contributed by atoms with Gasteiger partial charge in [-0.2, -0.15) is 11.8 Å². The SMILES string of the molecule is CCC(C)SCCCC(=O)Nc1ccc(N)cc1. The molecule has 1 atom stereocenters. The number of thioether (sulfide) groups is 1. The number of nitrogens with one attached hydrogen (secondary N) is 1. The third kappa shape index (κ3) is 5.96. The molecule has 1 rings (SSSR count). The number of carbonyl (C=O) groups excluding carboxylic acids is 1. The zero-order valence-corrected chi connectivity index (χ0v) is 11.9. The third-order valence-corrected chi connectivity index (χ3v) is 4.15. The second kappa shape index (κ2) is 8.03. The normalized spacial score (nSPS) is 12.1. The molecule has 0 bridgehead atoms. The standard InChI is InChI=1S/C14H22N2OS/c1-3-11(2)18-10-4-5-14(17)16-13-8-6-12(15)7-9-13/h6-9,11H,3-5,10,15H2,1-2H3,(H,16,17). The van der Waals surface area contributed by atoms with Crippen LogP contribution in [-0.2, 0) is 4.79 Å². The van der Waals surface area contributed by atoms with E-state index in [1.54, 1.807) is 12.1 Å². The first kappa shape index (κ1) is 14.9. The van der Waals surface area contributed by atoms with Crippen molar-refractivity contribution in [2.75, 3.05) is 16.8 Å². The van der Waals surface area contributed by atoms with E-state index < -0.39 is 0 Å². The summed E-state index contributed by atoms with van der Waals surface area (Å²) in [4.78, 5) is 11.7. The fourth-order valence-corrected chi connectivity index (χ4v) is 2.37. The fraction of sp³-hybridized carbons (Fsp3) is 0.500. The maximum Gasteiger partial charge on any atom is 0.224 e. The lowest BCUT2D eigenvalue weighted by molar-refractivity contribution is -0.116. The second-order valence-electron chi connectivity index (χ2n) is 4.36. The fourth-order valence-electron chi connectivity index (χ4n) is 1.43. The van der Waals surface area contributed by atoms with Gasteiger partial charge in [0.25, 0.3) is 0 Å². The van der Waals surface area contributed by atoms with E-state index in [0.29, 0.717) is 17.4 Å². The van der Waals surface area contributed by atoms with Gasteiger partial charge in [0, 0.05) is 23.0 Å². The van der Waals surface area contributed by atoms with E-state index in [2.05, 4.69) is 19.2 Å². The molecule has 0 aliphatic rings. The van der Waals surface area contributed by atoms with E-state index in [9.17, 15) is 4.79 Å². The minimum Gasteiger partial charge on any atom is -0.399 e. The van der Waals surface area contributed by atoms with Gasteiger partial charge in [-0.25, -0.2) is 0 Å². The predicted octanol–water partition coefficient (Wildman–Crippen LogP) is 3.52. The van der Waals surface area contributed by atoms with Crippen LogP contribution in [-0.4, -0.2) is 16.9 Å². The quantitative estimate of drug-likeness (QED) is 0.586. The molecule has 1 amide bonds. The van der Waals surface area contributed by atoms with Gasteiger partial charge in [0.1, 0.15) is 0 Å². The zero-order chi connectivity index (χ0) is 13.4. The minimum absolute atomic E-state index is 0.0736. The number of carbonyl (C=O) groups is 1. The zero-order valence-electron chi connectivity index (χ0n) is 11.1. The van der Waals surface area contributed by atoms with Gasteiger partial charge in [0.05, 0.1) is 0 Å². The molecule has 0 saturated carbocycles. The van der Waals surface area contributed by atoms with Crippen molar-refractivity contribution in [2.45, 2.75) is 38.4 Å². The number of anilines is 2. The molecule has 0 aliphatic carbocycles. The summed E-state index contributed by atoms with van der Waals surface area (Å²) in [6.07, 6.45) is 2.69. The highest BCUT2D eigenvalue weighted by atomic mass is 32.2.